The summed E-state index contributed by atoms with van der Waals surface area (Å²) in [5.41, 5.74) is 3.61. The van der Waals surface area contributed by atoms with Gasteiger partial charge in [-0.25, -0.2) is 14.4 Å². The number of pyridine rings is 2. The number of aromatic nitrogens is 3. The second-order valence-corrected chi connectivity index (χ2v) is 8.97. The first kappa shape index (κ1) is 24.0. The Labute approximate surface area is 215 Å². The maximum Gasteiger partial charge on any atom is 0.258 e. The minimum atomic E-state index is -0.525. The Morgan fingerprint density at radius 2 is 1.78 bits per heavy atom. The van der Waals surface area contributed by atoms with E-state index in [1.54, 1.807) is 18.2 Å². The molecule has 0 spiro atoms. The van der Waals surface area contributed by atoms with Gasteiger partial charge in [-0.2, -0.15) is 0 Å². The number of nitrogens with one attached hydrogen (secondary N) is 2. The second-order valence-electron chi connectivity index (χ2n) is 7.99. The van der Waals surface area contributed by atoms with Crippen LogP contribution in [0.5, 0.6) is 5.75 Å². The summed E-state index contributed by atoms with van der Waals surface area (Å²) in [4.78, 5) is 38.3. The number of carbonyl (C=O) groups is 2. The van der Waals surface area contributed by atoms with Crippen LogP contribution in [-0.4, -0.2) is 33.9 Å². The Kier molecular flexibility index (Phi) is 6.57. The number of fused-ring (bicyclic) bond motifs is 1. The van der Waals surface area contributed by atoms with E-state index in [9.17, 15) is 14.0 Å². The molecule has 0 saturated heterocycles. The van der Waals surface area contributed by atoms with Gasteiger partial charge in [0.05, 0.1) is 23.9 Å². The van der Waals surface area contributed by atoms with E-state index in [0.29, 0.717) is 32.5 Å². The van der Waals surface area contributed by atoms with Gasteiger partial charge in [-0.15, -0.1) is 0 Å². The molecule has 37 heavy (non-hydrogen) atoms. The lowest BCUT2D eigenvalue weighted by Crippen LogP contribution is -2.13. The van der Waals surface area contributed by atoms with Gasteiger partial charge in [0.2, 0.25) is 5.91 Å². The van der Waals surface area contributed by atoms with Crippen LogP contribution in [0.1, 0.15) is 17.3 Å². The second kappa shape index (κ2) is 10.1. The molecule has 2 N–H and O–H groups in total. The van der Waals surface area contributed by atoms with Gasteiger partial charge in [-0.05, 0) is 42.5 Å². The molecule has 2 aromatic carbocycles. The first-order chi connectivity index (χ1) is 17.9. The van der Waals surface area contributed by atoms with Crippen LogP contribution in [0.2, 0.25) is 0 Å². The van der Waals surface area contributed by atoms with E-state index in [4.69, 9.17) is 4.74 Å². The third-order valence-electron chi connectivity index (χ3n) is 5.51. The predicted octanol–water partition coefficient (Wildman–Crippen LogP) is 5.78. The summed E-state index contributed by atoms with van der Waals surface area (Å²) in [5.74, 6) is -0.832. The van der Waals surface area contributed by atoms with Crippen LogP contribution >= 0.6 is 11.3 Å². The normalized spacial score (nSPS) is 10.8. The summed E-state index contributed by atoms with van der Waals surface area (Å²) in [5, 5.41) is 5.88. The number of halogens is 1. The Morgan fingerprint density at radius 3 is 2.54 bits per heavy atom. The molecule has 0 saturated carbocycles. The molecule has 2 amide bonds. The lowest BCUT2D eigenvalue weighted by molar-refractivity contribution is -0.114. The molecule has 0 atom stereocenters. The summed E-state index contributed by atoms with van der Waals surface area (Å²) < 4.78 is 20.0. The number of hydrogen-bond acceptors (Lipinski definition) is 7. The Bertz CT molecular complexity index is 1640. The minimum Gasteiger partial charge on any atom is -0.496 e. The number of thiazole rings is 1. The molecule has 0 aliphatic carbocycles. The highest BCUT2D eigenvalue weighted by atomic mass is 32.1. The fraction of sp³-hybridized carbons (Fsp3) is 0.0741. The van der Waals surface area contributed by atoms with Crippen molar-refractivity contribution in [3.8, 4) is 28.1 Å². The molecule has 0 fully saturated rings. The quantitative estimate of drug-likeness (QED) is 0.298. The van der Waals surface area contributed by atoms with Crippen molar-refractivity contribution in [3.63, 3.8) is 0 Å². The number of anilines is 2. The maximum absolute atomic E-state index is 14.7. The average Bonchev–Trinajstić information content (AvgIpc) is 3.30. The highest BCUT2D eigenvalue weighted by Crippen LogP contribution is 2.35. The van der Waals surface area contributed by atoms with E-state index in [0.717, 1.165) is 11.3 Å². The standard InChI is InChI=1S/C27H20FN5O3S/c1-15(34)30-17-8-6-16(7-9-17)21-10-11-22-26(31-21)37-27(32-22)33-25(35)18-12-13-29-14-19(18)24-20(28)4-3-5-23(24)36-2/h3-14H,1-2H3,(H,30,34)(H,32,33,35). The van der Waals surface area contributed by atoms with Crippen molar-refractivity contribution in [2.45, 2.75) is 6.92 Å². The van der Waals surface area contributed by atoms with E-state index in [-0.39, 0.29) is 17.0 Å². The molecule has 0 aliphatic rings. The molecule has 184 valence electrons. The third kappa shape index (κ3) is 5.00. The molecule has 10 heteroatoms. The lowest BCUT2D eigenvalue weighted by Gasteiger charge is -2.13. The van der Waals surface area contributed by atoms with Crippen LogP contribution in [0.3, 0.4) is 0 Å². The first-order valence-electron chi connectivity index (χ1n) is 11.2. The zero-order chi connectivity index (χ0) is 25.9. The SMILES string of the molecule is COc1cccc(F)c1-c1cnccc1C(=O)Nc1nc2ccc(-c3ccc(NC(C)=O)cc3)nc2s1. The van der Waals surface area contributed by atoms with Gasteiger partial charge >= 0.3 is 0 Å². The van der Waals surface area contributed by atoms with Crippen molar-refractivity contribution in [2.24, 2.45) is 0 Å². The van der Waals surface area contributed by atoms with Crippen molar-refractivity contribution in [1.29, 1.82) is 0 Å². The van der Waals surface area contributed by atoms with Gasteiger partial charge in [-0.3, -0.25) is 19.9 Å². The van der Waals surface area contributed by atoms with Crippen LogP contribution in [0, 0.1) is 5.82 Å². The van der Waals surface area contributed by atoms with E-state index in [1.165, 1.54) is 56.0 Å². The third-order valence-corrected chi connectivity index (χ3v) is 6.39. The predicted molar refractivity (Wildman–Crippen MR) is 141 cm³/mol. The molecular weight excluding hydrogens is 493 g/mol. The van der Waals surface area contributed by atoms with Crippen LogP contribution in [0.4, 0.5) is 15.2 Å². The van der Waals surface area contributed by atoms with Gasteiger partial charge in [0.25, 0.3) is 5.91 Å². The molecule has 3 heterocycles. The summed E-state index contributed by atoms with van der Waals surface area (Å²) in [6, 6.07) is 17.0. The summed E-state index contributed by atoms with van der Waals surface area (Å²) in [6.45, 7) is 1.45. The fourth-order valence-electron chi connectivity index (χ4n) is 3.85. The van der Waals surface area contributed by atoms with E-state index in [1.807, 2.05) is 24.3 Å². The molecule has 0 bridgehead atoms. The average molecular weight is 514 g/mol. The van der Waals surface area contributed by atoms with Crippen LogP contribution in [0.15, 0.2) is 73.1 Å². The largest absolute Gasteiger partial charge is 0.496 e. The van der Waals surface area contributed by atoms with Crippen molar-refractivity contribution in [3.05, 3.63) is 84.4 Å². The van der Waals surface area contributed by atoms with Crippen LogP contribution in [0.25, 0.3) is 32.7 Å². The first-order valence-corrected chi connectivity index (χ1v) is 12.0. The lowest BCUT2D eigenvalue weighted by atomic mass is 10.00. The number of rotatable bonds is 6. The molecule has 0 unspecified atom stereocenters. The number of benzene rings is 2. The van der Waals surface area contributed by atoms with Crippen molar-refractivity contribution in [1.82, 2.24) is 15.0 Å². The van der Waals surface area contributed by atoms with E-state index < -0.39 is 11.7 Å². The number of hydrogen-bond donors (Lipinski definition) is 2. The number of carbonyl (C=O) groups excluding carboxylic acids is 2. The summed E-state index contributed by atoms with van der Waals surface area (Å²) in [7, 11) is 1.44. The topological polar surface area (TPSA) is 106 Å². The Morgan fingerprint density at radius 1 is 0.973 bits per heavy atom. The van der Waals surface area contributed by atoms with Crippen molar-refractivity contribution in [2.75, 3.05) is 17.7 Å². The molecule has 3 aromatic heterocycles. The van der Waals surface area contributed by atoms with E-state index >= 15 is 0 Å². The Balaban J connectivity index is 1.42. The fourth-order valence-corrected chi connectivity index (χ4v) is 4.68. The molecule has 5 rings (SSSR count). The monoisotopic (exact) mass is 513 g/mol. The van der Waals surface area contributed by atoms with Gasteiger partial charge in [0, 0.05) is 36.1 Å². The summed E-state index contributed by atoms with van der Waals surface area (Å²) in [6.07, 6.45) is 2.90. The molecule has 5 aromatic rings. The molecule has 0 aliphatic heterocycles. The zero-order valence-corrected chi connectivity index (χ0v) is 20.6. The zero-order valence-electron chi connectivity index (χ0n) is 19.8. The summed E-state index contributed by atoms with van der Waals surface area (Å²) >= 11 is 1.23. The number of amides is 2. The number of nitrogens with zero attached hydrogens (tertiary/aromatic N) is 3. The van der Waals surface area contributed by atoms with Gasteiger partial charge in [-0.1, -0.05) is 29.5 Å². The highest BCUT2D eigenvalue weighted by molar-refractivity contribution is 7.22. The van der Waals surface area contributed by atoms with E-state index in [2.05, 4.69) is 25.6 Å². The smallest absolute Gasteiger partial charge is 0.258 e. The van der Waals surface area contributed by atoms with Gasteiger partial charge in [0.15, 0.2) is 5.13 Å². The highest BCUT2D eigenvalue weighted by Gasteiger charge is 2.20. The van der Waals surface area contributed by atoms with Gasteiger partial charge in [0.1, 0.15) is 21.9 Å². The number of methoxy groups -OCH3 is 1. The Hall–Kier alpha value is -4.70. The molecule has 8 nitrogen and oxygen atoms in total. The van der Waals surface area contributed by atoms with Crippen molar-refractivity contribution < 1.29 is 18.7 Å². The minimum absolute atomic E-state index is 0.140. The van der Waals surface area contributed by atoms with Crippen molar-refractivity contribution >= 4 is 44.3 Å². The van der Waals surface area contributed by atoms with Crippen LogP contribution in [-0.2, 0) is 4.79 Å². The van der Waals surface area contributed by atoms with Gasteiger partial charge < -0.3 is 10.1 Å². The molecular formula is C27H20FN5O3S. The molecule has 0 radical (unpaired) electrons. The maximum atomic E-state index is 14.7. The van der Waals surface area contributed by atoms with Crippen LogP contribution < -0.4 is 15.4 Å². The number of ether oxygens (including phenoxy) is 1.